The molecular formula is C15H18O. The average Bonchev–Trinajstić information content (AvgIpc) is 2.63. The molecular weight excluding hydrogens is 196 g/mol. The van der Waals surface area contributed by atoms with Crippen LogP contribution in [0.25, 0.3) is 5.57 Å². The molecule has 84 valence electrons. The van der Waals surface area contributed by atoms with E-state index in [0.29, 0.717) is 0 Å². The molecule has 1 aromatic rings. The Balaban J connectivity index is 1.96. The third kappa shape index (κ3) is 1.69. The van der Waals surface area contributed by atoms with Gasteiger partial charge in [-0.1, -0.05) is 36.8 Å². The third-order valence-corrected chi connectivity index (χ3v) is 3.95. The van der Waals surface area contributed by atoms with E-state index in [0.717, 1.165) is 18.8 Å². The zero-order valence-electron chi connectivity index (χ0n) is 9.52. The molecule has 1 heteroatoms. The molecule has 1 unspecified atom stereocenters. The molecule has 16 heavy (non-hydrogen) atoms. The second kappa shape index (κ2) is 4.06. The summed E-state index contributed by atoms with van der Waals surface area (Å²) in [6, 6.07) is 8.74. The fraction of sp³-hybridized carbons (Fsp3) is 0.467. The highest BCUT2D eigenvalue weighted by molar-refractivity contribution is 5.71. The fourth-order valence-corrected chi connectivity index (χ4v) is 2.79. The molecule has 1 nitrogen and oxygen atoms in total. The first-order chi connectivity index (χ1) is 7.84. The van der Waals surface area contributed by atoms with E-state index >= 15 is 0 Å². The van der Waals surface area contributed by atoms with Crippen LogP contribution in [-0.2, 0) is 0 Å². The van der Waals surface area contributed by atoms with Crippen LogP contribution in [0.5, 0.6) is 0 Å². The molecule has 0 spiro atoms. The maximum absolute atomic E-state index is 9.59. The minimum absolute atomic E-state index is 0.218. The summed E-state index contributed by atoms with van der Waals surface area (Å²) < 4.78 is 0. The SMILES string of the molecule is OC1C=C(c2ccccc2C2CCC2)CC1. The number of aliphatic hydroxyl groups is 1. The van der Waals surface area contributed by atoms with Gasteiger partial charge in [-0.25, -0.2) is 0 Å². The maximum Gasteiger partial charge on any atom is 0.0730 e. The van der Waals surface area contributed by atoms with Crippen LogP contribution >= 0.6 is 0 Å². The molecule has 0 heterocycles. The number of hydrogen-bond donors (Lipinski definition) is 1. The zero-order chi connectivity index (χ0) is 11.0. The lowest BCUT2D eigenvalue weighted by Crippen LogP contribution is -2.10. The van der Waals surface area contributed by atoms with Gasteiger partial charge in [-0.2, -0.15) is 0 Å². The molecule has 1 fully saturated rings. The summed E-state index contributed by atoms with van der Waals surface area (Å²) in [4.78, 5) is 0. The Morgan fingerprint density at radius 1 is 1.06 bits per heavy atom. The van der Waals surface area contributed by atoms with Crippen LogP contribution in [0.4, 0.5) is 0 Å². The Bertz CT molecular complexity index is 415. The van der Waals surface area contributed by atoms with E-state index in [-0.39, 0.29) is 6.10 Å². The normalized spacial score (nSPS) is 25.3. The van der Waals surface area contributed by atoms with Gasteiger partial charge in [0.05, 0.1) is 6.10 Å². The van der Waals surface area contributed by atoms with Crippen LogP contribution in [0.2, 0.25) is 0 Å². The highest BCUT2D eigenvalue weighted by atomic mass is 16.3. The summed E-state index contributed by atoms with van der Waals surface area (Å²) in [5, 5.41) is 9.59. The smallest absolute Gasteiger partial charge is 0.0730 e. The van der Waals surface area contributed by atoms with Crippen molar-refractivity contribution in [3.05, 3.63) is 41.5 Å². The van der Waals surface area contributed by atoms with Crippen molar-refractivity contribution < 1.29 is 5.11 Å². The Kier molecular flexibility index (Phi) is 2.56. The predicted molar refractivity (Wildman–Crippen MR) is 66.3 cm³/mol. The summed E-state index contributed by atoms with van der Waals surface area (Å²) in [5.41, 5.74) is 4.26. The van der Waals surface area contributed by atoms with Gasteiger partial charge in [0.25, 0.3) is 0 Å². The van der Waals surface area contributed by atoms with Crippen molar-refractivity contribution in [1.29, 1.82) is 0 Å². The van der Waals surface area contributed by atoms with Crippen molar-refractivity contribution in [1.82, 2.24) is 0 Å². The van der Waals surface area contributed by atoms with Gasteiger partial charge in [0, 0.05) is 0 Å². The Morgan fingerprint density at radius 2 is 1.88 bits per heavy atom. The minimum Gasteiger partial charge on any atom is -0.389 e. The van der Waals surface area contributed by atoms with Gasteiger partial charge in [0.2, 0.25) is 0 Å². The molecule has 2 aliphatic carbocycles. The van der Waals surface area contributed by atoms with Crippen molar-refractivity contribution in [2.45, 2.75) is 44.1 Å². The van der Waals surface area contributed by atoms with Crippen LogP contribution in [-0.4, -0.2) is 11.2 Å². The Labute approximate surface area is 96.8 Å². The summed E-state index contributed by atoms with van der Waals surface area (Å²) in [7, 11) is 0. The Morgan fingerprint density at radius 3 is 2.50 bits per heavy atom. The predicted octanol–water partition coefficient (Wildman–Crippen LogP) is 3.49. The van der Waals surface area contributed by atoms with Crippen LogP contribution in [0.1, 0.15) is 49.1 Å². The summed E-state index contributed by atoms with van der Waals surface area (Å²) in [5.74, 6) is 0.773. The first kappa shape index (κ1) is 10.1. The van der Waals surface area contributed by atoms with Crippen molar-refractivity contribution >= 4 is 5.57 Å². The molecule has 1 aromatic carbocycles. The van der Waals surface area contributed by atoms with Gasteiger partial charge in [-0.05, 0) is 48.3 Å². The lowest BCUT2D eigenvalue weighted by Gasteiger charge is -2.28. The van der Waals surface area contributed by atoms with E-state index in [9.17, 15) is 5.11 Å². The van der Waals surface area contributed by atoms with Gasteiger partial charge >= 0.3 is 0 Å². The maximum atomic E-state index is 9.59. The van der Waals surface area contributed by atoms with E-state index in [1.807, 2.05) is 6.08 Å². The standard InChI is InChI=1S/C15H18O/c16-13-9-8-12(10-13)15-7-2-1-6-14(15)11-4-3-5-11/h1-2,6-7,10-11,13,16H,3-5,8-9H2. The van der Waals surface area contributed by atoms with Crippen LogP contribution in [0.15, 0.2) is 30.3 Å². The van der Waals surface area contributed by atoms with Crippen molar-refractivity contribution in [3.8, 4) is 0 Å². The lowest BCUT2D eigenvalue weighted by molar-refractivity contribution is 0.223. The quantitative estimate of drug-likeness (QED) is 0.799. The molecule has 0 aliphatic heterocycles. The van der Waals surface area contributed by atoms with Gasteiger partial charge in [0.15, 0.2) is 0 Å². The van der Waals surface area contributed by atoms with Gasteiger partial charge < -0.3 is 5.11 Å². The molecule has 0 radical (unpaired) electrons. The van der Waals surface area contributed by atoms with E-state index in [4.69, 9.17) is 0 Å². The molecule has 2 aliphatic rings. The van der Waals surface area contributed by atoms with Crippen LogP contribution in [0, 0.1) is 0 Å². The largest absolute Gasteiger partial charge is 0.389 e. The van der Waals surface area contributed by atoms with Crippen molar-refractivity contribution in [2.75, 3.05) is 0 Å². The fourth-order valence-electron chi connectivity index (χ4n) is 2.79. The second-order valence-corrected chi connectivity index (χ2v) is 5.01. The number of allylic oxidation sites excluding steroid dienone is 1. The lowest BCUT2D eigenvalue weighted by atomic mass is 9.77. The number of rotatable bonds is 2. The Hall–Kier alpha value is -1.08. The van der Waals surface area contributed by atoms with E-state index in [2.05, 4.69) is 24.3 Å². The number of benzene rings is 1. The van der Waals surface area contributed by atoms with E-state index in [1.54, 1.807) is 0 Å². The highest BCUT2D eigenvalue weighted by Gasteiger charge is 2.24. The topological polar surface area (TPSA) is 20.2 Å². The molecule has 1 saturated carbocycles. The summed E-state index contributed by atoms with van der Waals surface area (Å²) >= 11 is 0. The molecule has 0 amide bonds. The first-order valence-corrected chi connectivity index (χ1v) is 6.32. The molecule has 0 saturated heterocycles. The van der Waals surface area contributed by atoms with Gasteiger partial charge in [-0.15, -0.1) is 0 Å². The summed E-state index contributed by atoms with van der Waals surface area (Å²) in [6.45, 7) is 0. The summed E-state index contributed by atoms with van der Waals surface area (Å²) in [6.07, 6.45) is 7.81. The molecule has 1 N–H and O–H groups in total. The van der Waals surface area contributed by atoms with E-state index in [1.165, 1.54) is 36.0 Å². The van der Waals surface area contributed by atoms with Gasteiger partial charge in [-0.3, -0.25) is 0 Å². The molecule has 0 aromatic heterocycles. The third-order valence-electron chi connectivity index (χ3n) is 3.95. The van der Waals surface area contributed by atoms with Crippen LogP contribution in [0.3, 0.4) is 0 Å². The number of aliphatic hydroxyl groups excluding tert-OH is 1. The zero-order valence-corrected chi connectivity index (χ0v) is 9.52. The van der Waals surface area contributed by atoms with Crippen LogP contribution < -0.4 is 0 Å². The second-order valence-electron chi connectivity index (χ2n) is 5.01. The first-order valence-electron chi connectivity index (χ1n) is 6.32. The van der Waals surface area contributed by atoms with Crippen molar-refractivity contribution in [2.24, 2.45) is 0 Å². The monoisotopic (exact) mass is 214 g/mol. The number of hydrogen-bond acceptors (Lipinski definition) is 1. The van der Waals surface area contributed by atoms with E-state index < -0.39 is 0 Å². The average molecular weight is 214 g/mol. The minimum atomic E-state index is -0.218. The molecule has 3 rings (SSSR count). The molecule has 0 bridgehead atoms. The highest BCUT2D eigenvalue weighted by Crippen LogP contribution is 2.41. The van der Waals surface area contributed by atoms with Crippen molar-refractivity contribution in [3.63, 3.8) is 0 Å². The van der Waals surface area contributed by atoms with Gasteiger partial charge in [0.1, 0.15) is 0 Å². The molecule has 1 atom stereocenters.